The van der Waals surface area contributed by atoms with E-state index in [1.165, 1.54) is 0 Å². The maximum atomic E-state index is 11.3. The van der Waals surface area contributed by atoms with Crippen LogP contribution in [0.1, 0.15) is 0 Å². The third-order valence-corrected chi connectivity index (χ3v) is 1.68. The molecular weight excluding hydrogens is 192 g/mol. The Morgan fingerprint density at radius 1 is 0.857 bits per heavy atom. The zero-order valence-corrected chi connectivity index (χ0v) is 7.53. The van der Waals surface area contributed by atoms with Crippen molar-refractivity contribution in [1.82, 2.24) is 0 Å². The Labute approximate surface area is 79.0 Å². The van der Waals surface area contributed by atoms with Gasteiger partial charge in [-0.3, -0.25) is 9.59 Å². The van der Waals surface area contributed by atoms with E-state index in [2.05, 4.69) is 9.47 Å². The van der Waals surface area contributed by atoms with Crippen molar-refractivity contribution < 1.29 is 29.3 Å². The minimum atomic E-state index is -1.10. The summed E-state index contributed by atoms with van der Waals surface area (Å²) in [6.45, 7) is 0. The van der Waals surface area contributed by atoms with Crippen LogP contribution in [-0.2, 0) is 19.1 Å². The van der Waals surface area contributed by atoms with Crippen molar-refractivity contribution in [3.63, 3.8) is 0 Å². The number of methoxy groups -OCH3 is 2. The van der Waals surface area contributed by atoms with Crippen LogP contribution in [0, 0.1) is 0 Å². The largest absolute Gasteiger partial charge is 0.501 e. The van der Waals surface area contributed by atoms with Crippen molar-refractivity contribution in [2.24, 2.45) is 0 Å². The minimum absolute atomic E-state index is 0.537. The molecule has 0 spiro atoms. The average Bonchev–Trinajstić information content (AvgIpc) is 2.16. The second kappa shape index (κ2) is 3.41. The number of aliphatic hydroxyl groups is 2. The molecule has 1 aliphatic rings. The molecule has 76 valence electrons. The van der Waals surface area contributed by atoms with Gasteiger partial charge >= 0.3 is 0 Å². The van der Waals surface area contributed by atoms with Crippen molar-refractivity contribution in [2.75, 3.05) is 14.2 Å². The Morgan fingerprint density at radius 2 is 1.21 bits per heavy atom. The molecule has 0 radical (unpaired) electrons. The quantitative estimate of drug-likeness (QED) is 0.608. The predicted molar refractivity (Wildman–Crippen MR) is 43.3 cm³/mol. The van der Waals surface area contributed by atoms with Crippen molar-refractivity contribution in [3.05, 3.63) is 23.0 Å². The number of ether oxygens (including phenoxy) is 2. The molecule has 0 saturated carbocycles. The lowest BCUT2D eigenvalue weighted by Crippen LogP contribution is -2.25. The molecule has 1 rings (SSSR count). The van der Waals surface area contributed by atoms with Crippen LogP contribution in [0.15, 0.2) is 23.0 Å². The van der Waals surface area contributed by atoms with Gasteiger partial charge in [0.15, 0.2) is 0 Å². The Hall–Kier alpha value is -1.98. The molecule has 1 aliphatic carbocycles. The summed E-state index contributed by atoms with van der Waals surface area (Å²) in [7, 11) is 2.23. The second-order valence-electron chi connectivity index (χ2n) is 2.42. The number of carbonyl (C=O) groups excluding carboxylic acids is 2. The molecule has 0 aromatic heterocycles. The molecule has 6 nitrogen and oxygen atoms in total. The standard InChI is InChI=1S/C8H8O6/c1-13-7-4(10)3(9)5(11)8(14-2)6(7)12/h10-11H,1-2H3. The molecule has 0 aromatic carbocycles. The van der Waals surface area contributed by atoms with Gasteiger partial charge in [-0.15, -0.1) is 0 Å². The van der Waals surface area contributed by atoms with E-state index in [0.29, 0.717) is 0 Å². The summed E-state index contributed by atoms with van der Waals surface area (Å²) in [4.78, 5) is 22.4. The summed E-state index contributed by atoms with van der Waals surface area (Å²) >= 11 is 0. The number of ketones is 2. The van der Waals surface area contributed by atoms with Crippen LogP contribution in [0.3, 0.4) is 0 Å². The van der Waals surface area contributed by atoms with Crippen LogP contribution in [0.25, 0.3) is 0 Å². The zero-order chi connectivity index (χ0) is 10.9. The van der Waals surface area contributed by atoms with Crippen LogP contribution in [0.4, 0.5) is 0 Å². The highest BCUT2D eigenvalue weighted by atomic mass is 16.5. The fourth-order valence-corrected chi connectivity index (χ4v) is 1.02. The van der Waals surface area contributed by atoms with Gasteiger partial charge in [0.25, 0.3) is 11.6 Å². The molecular formula is C8H8O6. The fourth-order valence-electron chi connectivity index (χ4n) is 1.02. The van der Waals surface area contributed by atoms with Gasteiger partial charge in [-0.05, 0) is 0 Å². The summed E-state index contributed by atoms with van der Waals surface area (Å²) in [5.41, 5.74) is 0. The number of hydrogen-bond donors (Lipinski definition) is 2. The van der Waals surface area contributed by atoms with Crippen LogP contribution in [0.5, 0.6) is 0 Å². The van der Waals surface area contributed by atoms with E-state index < -0.39 is 34.6 Å². The highest BCUT2D eigenvalue weighted by Crippen LogP contribution is 2.22. The first-order chi connectivity index (χ1) is 6.54. The van der Waals surface area contributed by atoms with Gasteiger partial charge in [-0.25, -0.2) is 0 Å². The van der Waals surface area contributed by atoms with Crippen LogP contribution < -0.4 is 0 Å². The third kappa shape index (κ3) is 1.20. The van der Waals surface area contributed by atoms with E-state index in [9.17, 15) is 9.59 Å². The summed E-state index contributed by atoms with van der Waals surface area (Å²) in [5, 5.41) is 18.3. The first-order valence-electron chi connectivity index (χ1n) is 3.58. The maximum Gasteiger partial charge on any atom is 0.270 e. The molecule has 6 heteroatoms. The molecule has 0 bridgehead atoms. The Bertz CT molecular complexity index is 330. The molecule has 0 aliphatic heterocycles. The third-order valence-electron chi connectivity index (χ3n) is 1.68. The fraction of sp³-hybridized carbons (Fsp3) is 0.250. The molecule has 0 aromatic rings. The molecule has 0 saturated heterocycles. The Kier molecular flexibility index (Phi) is 2.46. The summed E-state index contributed by atoms with van der Waals surface area (Å²) in [6, 6.07) is 0. The molecule has 0 fully saturated rings. The van der Waals surface area contributed by atoms with Crippen LogP contribution >= 0.6 is 0 Å². The second-order valence-corrected chi connectivity index (χ2v) is 2.42. The number of aliphatic hydroxyl groups excluding tert-OH is 2. The molecule has 14 heavy (non-hydrogen) atoms. The van der Waals surface area contributed by atoms with E-state index in [-0.39, 0.29) is 0 Å². The first-order valence-corrected chi connectivity index (χ1v) is 3.58. The van der Waals surface area contributed by atoms with Gasteiger partial charge < -0.3 is 19.7 Å². The van der Waals surface area contributed by atoms with E-state index in [1.54, 1.807) is 0 Å². The smallest absolute Gasteiger partial charge is 0.270 e. The van der Waals surface area contributed by atoms with Gasteiger partial charge in [0.2, 0.25) is 23.0 Å². The number of rotatable bonds is 2. The Balaban J connectivity index is 3.29. The number of carbonyl (C=O) groups is 2. The van der Waals surface area contributed by atoms with E-state index in [0.717, 1.165) is 14.2 Å². The number of Topliss-reactive ketones (excluding diaryl/α,β-unsaturated/α-hetero) is 2. The SMILES string of the molecule is COC1=C(O)C(=O)C(O)=C(OC)C1=O. The van der Waals surface area contributed by atoms with Gasteiger partial charge in [0.1, 0.15) is 0 Å². The average molecular weight is 200 g/mol. The van der Waals surface area contributed by atoms with Gasteiger partial charge in [0.05, 0.1) is 14.2 Å². The van der Waals surface area contributed by atoms with Crippen molar-refractivity contribution in [2.45, 2.75) is 0 Å². The molecule has 0 heterocycles. The van der Waals surface area contributed by atoms with E-state index in [4.69, 9.17) is 10.2 Å². The van der Waals surface area contributed by atoms with E-state index in [1.807, 2.05) is 0 Å². The van der Waals surface area contributed by atoms with E-state index >= 15 is 0 Å². The van der Waals surface area contributed by atoms with Crippen LogP contribution in [-0.4, -0.2) is 36.0 Å². The zero-order valence-electron chi connectivity index (χ0n) is 7.53. The first kappa shape index (κ1) is 10.1. The minimum Gasteiger partial charge on any atom is -0.501 e. The lowest BCUT2D eigenvalue weighted by molar-refractivity contribution is -0.125. The highest BCUT2D eigenvalue weighted by molar-refractivity contribution is 6.21. The lowest BCUT2D eigenvalue weighted by Gasteiger charge is -2.15. The summed E-state index contributed by atoms with van der Waals surface area (Å²) < 4.78 is 9.00. The Morgan fingerprint density at radius 3 is 1.50 bits per heavy atom. The van der Waals surface area contributed by atoms with Crippen molar-refractivity contribution in [1.29, 1.82) is 0 Å². The van der Waals surface area contributed by atoms with Crippen molar-refractivity contribution in [3.8, 4) is 0 Å². The summed E-state index contributed by atoms with van der Waals surface area (Å²) in [5.74, 6) is -4.89. The monoisotopic (exact) mass is 200 g/mol. The topological polar surface area (TPSA) is 93.1 Å². The molecule has 2 N–H and O–H groups in total. The molecule has 0 amide bonds. The number of hydrogen-bond acceptors (Lipinski definition) is 6. The van der Waals surface area contributed by atoms with Gasteiger partial charge in [-0.2, -0.15) is 0 Å². The normalized spacial score (nSPS) is 17.6. The molecule has 0 unspecified atom stereocenters. The predicted octanol–water partition coefficient (Wildman–Crippen LogP) is -0.0298. The maximum absolute atomic E-state index is 11.3. The van der Waals surface area contributed by atoms with Crippen molar-refractivity contribution >= 4 is 11.6 Å². The highest BCUT2D eigenvalue weighted by Gasteiger charge is 2.37. The van der Waals surface area contributed by atoms with Gasteiger partial charge in [0, 0.05) is 0 Å². The molecule has 0 atom stereocenters. The summed E-state index contributed by atoms with van der Waals surface area (Å²) in [6.07, 6.45) is 0. The van der Waals surface area contributed by atoms with Gasteiger partial charge in [-0.1, -0.05) is 0 Å². The lowest BCUT2D eigenvalue weighted by atomic mass is 10.1. The van der Waals surface area contributed by atoms with Crippen LogP contribution in [0.2, 0.25) is 0 Å².